The number of halogens is 1. The summed E-state index contributed by atoms with van der Waals surface area (Å²) in [5.41, 5.74) is 1.54. The molecule has 0 atom stereocenters. The number of piperidine rings is 1. The molecule has 8 heteroatoms. The second-order valence-corrected chi connectivity index (χ2v) is 9.40. The minimum absolute atomic E-state index is 0.121. The van der Waals surface area contributed by atoms with Crippen molar-refractivity contribution in [2.45, 2.75) is 30.7 Å². The Morgan fingerprint density at radius 1 is 1.13 bits per heavy atom. The molecule has 1 saturated heterocycles. The van der Waals surface area contributed by atoms with Crippen molar-refractivity contribution >= 4 is 33.6 Å². The molecule has 0 aromatic heterocycles. The lowest BCUT2D eigenvalue weighted by Gasteiger charge is -2.26. The third-order valence-electron chi connectivity index (χ3n) is 4.93. The highest BCUT2D eigenvalue weighted by Gasteiger charge is 2.28. The molecule has 3 rings (SSSR count). The summed E-state index contributed by atoms with van der Waals surface area (Å²) in [6.07, 6.45) is 5.72. The number of carbonyl (C=O) groups excluding carboxylic acids is 1. The number of amides is 1. The van der Waals surface area contributed by atoms with Gasteiger partial charge in [-0.25, -0.2) is 8.42 Å². The Labute approximate surface area is 182 Å². The van der Waals surface area contributed by atoms with Crippen LogP contribution in [0.4, 0.5) is 0 Å². The second kappa shape index (κ2) is 10.1. The number of rotatable bonds is 7. The molecule has 0 spiro atoms. The van der Waals surface area contributed by atoms with Crippen LogP contribution in [0.5, 0.6) is 5.75 Å². The molecule has 0 aliphatic carbocycles. The van der Waals surface area contributed by atoms with Crippen LogP contribution >= 0.6 is 11.6 Å². The summed E-state index contributed by atoms with van der Waals surface area (Å²) in [4.78, 5) is 12.3. The van der Waals surface area contributed by atoms with Crippen LogP contribution in [0, 0.1) is 0 Å². The summed E-state index contributed by atoms with van der Waals surface area (Å²) in [5.74, 6) is 0.0196. The number of nitrogens with one attached hydrogen (secondary N) is 1. The quantitative estimate of drug-likeness (QED) is 0.653. The summed E-state index contributed by atoms with van der Waals surface area (Å²) in [6, 6.07) is 12.1. The van der Waals surface area contributed by atoms with Gasteiger partial charge in [-0.1, -0.05) is 36.2 Å². The van der Waals surface area contributed by atoms with E-state index in [0.717, 1.165) is 24.8 Å². The van der Waals surface area contributed by atoms with E-state index in [-0.39, 0.29) is 10.8 Å². The number of ether oxygens (including phenoxy) is 1. The predicted molar refractivity (Wildman–Crippen MR) is 118 cm³/mol. The molecule has 0 radical (unpaired) electrons. The molecule has 1 N–H and O–H groups in total. The molecule has 1 heterocycles. The summed E-state index contributed by atoms with van der Waals surface area (Å²) in [6.45, 7) is 1.40. The highest BCUT2D eigenvalue weighted by molar-refractivity contribution is 7.89. The Morgan fingerprint density at radius 2 is 1.83 bits per heavy atom. The topological polar surface area (TPSA) is 75.7 Å². The van der Waals surface area contributed by atoms with Gasteiger partial charge in [-0.3, -0.25) is 4.79 Å². The number of carbonyl (C=O) groups is 1. The molecule has 1 aliphatic heterocycles. The first-order chi connectivity index (χ1) is 14.4. The maximum absolute atomic E-state index is 13.1. The van der Waals surface area contributed by atoms with E-state index in [1.165, 1.54) is 17.5 Å². The normalized spacial score (nSPS) is 15.3. The first kappa shape index (κ1) is 22.3. The number of nitrogens with zero attached hydrogens (tertiary/aromatic N) is 1. The molecule has 0 bridgehead atoms. The average Bonchev–Trinajstić information content (AvgIpc) is 2.77. The average molecular weight is 449 g/mol. The first-order valence-electron chi connectivity index (χ1n) is 9.79. The second-order valence-electron chi connectivity index (χ2n) is 7.05. The smallest absolute Gasteiger partial charge is 0.246 e. The minimum atomic E-state index is -3.65. The molecule has 6 nitrogen and oxygen atoms in total. The van der Waals surface area contributed by atoms with Crippen molar-refractivity contribution in [3.63, 3.8) is 0 Å². The van der Waals surface area contributed by atoms with Gasteiger partial charge in [0.05, 0.1) is 7.11 Å². The van der Waals surface area contributed by atoms with Gasteiger partial charge in [0.25, 0.3) is 0 Å². The molecule has 1 amide bonds. The maximum atomic E-state index is 13.1. The van der Waals surface area contributed by atoms with E-state index in [4.69, 9.17) is 16.3 Å². The van der Waals surface area contributed by atoms with E-state index in [1.54, 1.807) is 36.4 Å². The molecule has 1 aliphatic rings. The standard InChI is InChI=1S/C22H25ClN2O4S/c1-29-20-11-7-17(15-21(20)30(27,28)25-13-3-2-4-14-25)8-12-22(26)24-16-18-5-9-19(23)10-6-18/h5-12,15H,2-4,13-14,16H2,1H3,(H,24,26)/b12-8+. The van der Waals surface area contributed by atoms with E-state index < -0.39 is 10.0 Å². The van der Waals surface area contributed by atoms with Crippen molar-refractivity contribution in [2.24, 2.45) is 0 Å². The third-order valence-corrected chi connectivity index (χ3v) is 7.10. The van der Waals surface area contributed by atoms with Crippen molar-refractivity contribution in [1.82, 2.24) is 9.62 Å². The Bertz CT molecular complexity index is 1010. The van der Waals surface area contributed by atoms with Crippen LogP contribution < -0.4 is 10.1 Å². The van der Waals surface area contributed by atoms with Crippen molar-refractivity contribution in [3.8, 4) is 5.75 Å². The van der Waals surface area contributed by atoms with Gasteiger partial charge in [0.2, 0.25) is 15.9 Å². The lowest BCUT2D eigenvalue weighted by atomic mass is 10.2. The first-order valence-corrected chi connectivity index (χ1v) is 11.6. The van der Waals surface area contributed by atoms with Crippen molar-refractivity contribution in [2.75, 3.05) is 20.2 Å². The third kappa shape index (κ3) is 5.62. The maximum Gasteiger partial charge on any atom is 0.246 e. The number of sulfonamides is 1. The molecule has 0 unspecified atom stereocenters. The number of methoxy groups -OCH3 is 1. The largest absolute Gasteiger partial charge is 0.495 e. The van der Waals surface area contributed by atoms with E-state index in [0.29, 0.717) is 36.0 Å². The van der Waals surface area contributed by atoms with E-state index >= 15 is 0 Å². The lowest BCUT2D eigenvalue weighted by Crippen LogP contribution is -2.35. The Hall–Kier alpha value is -2.35. The van der Waals surface area contributed by atoms with E-state index in [9.17, 15) is 13.2 Å². The van der Waals surface area contributed by atoms with Crippen LogP contribution in [-0.4, -0.2) is 38.8 Å². The van der Waals surface area contributed by atoms with Gasteiger partial charge in [0, 0.05) is 30.7 Å². The number of benzene rings is 2. The lowest BCUT2D eigenvalue weighted by molar-refractivity contribution is -0.116. The molecular formula is C22H25ClN2O4S. The molecule has 0 saturated carbocycles. The van der Waals surface area contributed by atoms with Gasteiger partial charge < -0.3 is 10.1 Å². The monoisotopic (exact) mass is 448 g/mol. The van der Waals surface area contributed by atoms with Gasteiger partial charge in [0.15, 0.2) is 0 Å². The van der Waals surface area contributed by atoms with Crippen molar-refractivity contribution in [3.05, 3.63) is 64.7 Å². The fourth-order valence-corrected chi connectivity index (χ4v) is 5.10. The van der Waals surface area contributed by atoms with Gasteiger partial charge in [-0.2, -0.15) is 4.31 Å². The predicted octanol–water partition coefficient (Wildman–Crippen LogP) is 3.85. The zero-order valence-electron chi connectivity index (χ0n) is 16.8. The van der Waals surface area contributed by atoms with Crippen LogP contribution in [0.15, 0.2) is 53.4 Å². The van der Waals surface area contributed by atoms with Gasteiger partial charge in [-0.05, 0) is 54.3 Å². The number of hydrogen-bond donors (Lipinski definition) is 1. The van der Waals surface area contributed by atoms with Crippen LogP contribution in [0.25, 0.3) is 6.08 Å². The Kier molecular flexibility index (Phi) is 7.53. The zero-order valence-corrected chi connectivity index (χ0v) is 18.4. The fraction of sp³-hybridized carbons (Fsp3) is 0.318. The van der Waals surface area contributed by atoms with Crippen molar-refractivity contribution in [1.29, 1.82) is 0 Å². The van der Waals surface area contributed by atoms with Crippen LogP contribution in [-0.2, 0) is 21.4 Å². The van der Waals surface area contributed by atoms with Crippen LogP contribution in [0.1, 0.15) is 30.4 Å². The van der Waals surface area contributed by atoms with Gasteiger partial charge in [-0.15, -0.1) is 0 Å². The highest BCUT2D eigenvalue weighted by Crippen LogP contribution is 2.30. The summed E-state index contributed by atoms with van der Waals surface area (Å²) in [7, 11) is -2.20. The summed E-state index contributed by atoms with van der Waals surface area (Å²) < 4.78 is 32.9. The zero-order chi connectivity index (χ0) is 21.6. The molecule has 2 aromatic carbocycles. The molecule has 160 valence electrons. The summed E-state index contributed by atoms with van der Waals surface area (Å²) in [5, 5.41) is 3.43. The molecular weight excluding hydrogens is 424 g/mol. The fourth-order valence-electron chi connectivity index (χ4n) is 3.27. The Balaban J connectivity index is 1.72. The van der Waals surface area contributed by atoms with Crippen LogP contribution in [0.2, 0.25) is 5.02 Å². The molecule has 2 aromatic rings. The van der Waals surface area contributed by atoms with E-state index in [1.807, 2.05) is 12.1 Å². The van der Waals surface area contributed by atoms with Gasteiger partial charge >= 0.3 is 0 Å². The van der Waals surface area contributed by atoms with Crippen LogP contribution in [0.3, 0.4) is 0 Å². The highest BCUT2D eigenvalue weighted by atomic mass is 35.5. The van der Waals surface area contributed by atoms with E-state index in [2.05, 4.69) is 5.32 Å². The SMILES string of the molecule is COc1ccc(/C=C/C(=O)NCc2ccc(Cl)cc2)cc1S(=O)(=O)N1CCCCC1. The Morgan fingerprint density at radius 3 is 2.50 bits per heavy atom. The number of hydrogen-bond acceptors (Lipinski definition) is 4. The van der Waals surface area contributed by atoms with Crippen molar-refractivity contribution < 1.29 is 17.9 Å². The molecule has 30 heavy (non-hydrogen) atoms. The minimum Gasteiger partial charge on any atom is -0.495 e. The summed E-state index contributed by atoms with van der Waals surface area (Å²) >= 11 is 5.85. The van der Waals surface area contributed by atoms with Gasteiger partial charge in [0.1, 0.15) is 10.6 Å². The molecule has 1 fully saturated rings.